The second kappa shape index (κ2) is 6.19. The average molecular weight is 290 g/mol. The predicted octanol–water partition coefficient (Wildman–Crippen LogP) is 0.904. The van der Waals surface area contributed by atoms with Crippen LogP contribution in [0.3, 0.4) is 0 Å². The van der Waals surface area contributed by atoms with Crippen molar-refractivity contribution >= 4 is 16.2 Å². The molecule has 2 rings (SSSR count). The van der Waals surface area contributed by atoms with Gasteiger partial charge in [0.25, 0.3) is 10.2 Å². The Kier molecular flexibility index (Phi) is 4.81. The molecule has 0 aromatic rings. The van der Waals surface area contributed by atoms with Crippen LogP contribution in [0.25, 0.3) is 0 Å². The van der Waals surface area contributed by atoms with Crippen LogP contribution >= 0.6 is 0 Å². The van der Waals surface area contributed by atoms with Gasteiger partial charge in [-0.3, -0.25) is 4.79 Å². The van der Waals surface area contributed by atoms with Crippen LogP contribution in [0.15, 0.2) is 0 Å². The van der Waals surface area contributed by atoms with Gasteiger partial charge in [-0.15, -0.1) is 0 Å². The Morgan fingerprint density at radius 3 is 2.11 bits per heavy atom. The number of carboxylic acids is 1. The molecular weight excluding hydrogens is 268 g/mol. The first-order chi connectivity index (χ1) is 9.01. The van der Waals surface area contributed by atoms with Gasteiger partial charge in [-0.05, 0) is 25.7 Å². The zero-order valence-corrected chi connectivity index (χ0v) is 11.9. The number of hydrogen-bond acceptors (Lipinski definition) is 3. The highest BCUT2D eigenvalue weighted by molar-refractivity contribution is 7.86. The molecule has 0 spiro atoms. The summed E-state index contributed by atoms with van der Waals surface area (Å²) in [4.78, 5) is 11.0. The van der Waals surface area contributed by atoms with Gasteiger partial charge in [0.05, 0.1) is 5.92 Å². The van der Waals surface area contributed by atoms with E-state index in [0.29, 0.717) is 32.5 Å². The van der Waals surface area contributed by atoms with Crippen LogP contribution in [0.5, 0.6) is 0 Å². The second-order valence-electron chi connectivity index (χ2n) is 5.36. The SMILES string of the molecule is O=C(O)C1CCCN(S(=O)(=O)N2CCCCCC2)C1. The molecule has 1 atom stereocenters. The molecule has 1 unspecified atom stereocenters. The maximum Gasteiger partial charge on any atom is 0.307 e. The number of aliphatic carboxylic acids is 1. The summed E-state index contributed by atoms with van der Waals surface area (Å²) in [5.74, 6) is -1.45. The minimum absolute atomic E-state index is 0.119. The van der Waals surface area contributed by atoms with Crippen molar-refractivity contribution < 1.29 is 18.3 Å². The van der Waals surface area contributed by atoms with Crippen molar-refractivity contribution in [1.82, 2.24) is 8.61 Å². The van der Waals surface area contributed by atoms with Gasteiger partial charge in [0.2, 0.25) is 0 Å². The fourth-order valence-corrected chi connectivity index (χ4v) is 4.56. The molecule has 7 heteroatoms. The van der Waals surface area contributed by atoms with Crippen LogP contribution in [0.1, 0.15) is 38.5 Å². The van der Waals surface area contributed by atoms with Gasteiger partial charge in [0.15, 0.2) is 0 Å². The van der Waals surface area contributed by atoms with E-state index in [0.717, 1.165) is 25.7 Å². The van der Waals surface area contributed by atoms with Gasteiger partial charge in [-0.1, -0.05) is 12.8 Å². The first-order valence-electron chi connectivity index (χ1n) is 7.00. The van der Waals surface area contributed by atoms with E-state index >= 15 is 0 Å². The monoisotopic (exact) mass is 290 g/mol. The van der Waals surface area contributed by atoms with Crippen molar-refractivity contribution in [3.63, 3.8) is 0 Å². The first kappa shape index (κ1) is 14.7. The summed E-state index contributed by atoms with van der Waals surface area (Å²) in [5.41, 5.74) is 0. The van der Waals surface area contributed by atoms with E-state index in [2.05, 4.69) is 0 Å². The lowest BCUT2D eigenvalue weighted by Gasteiger charge is -2.33. The van der Waals surface area contributed by atoms with Gasteiger partial charge >= 0.3 is 5.97 Å². The molecule has 0 radical (unpaired) electrons. The van der Waals surface area contributed by atoms with E-state index in [9.17, 15) is 13.2 Å². The molecule has 19 heavy (non-hydrogen) atoms. The summed E-state index contributed by atoms with van der Waals surface area (Å²) in [6.45, 7) is 1.70. The highest BCUT2D eigenvalue weighted by Crippen LogP contribution is 2.23. The van der Waals surface area contributed by atoms with Crippen molar-refractivity contribution in [3.05, 3.63) is 0 Å². The number of carbonyl (C=O) groups is 1. The molecule has 110 valence electrons. The molecule has 0 saturated carbocycles. The van der Waals surface area contributed by atoms with Crippen LogP contribution in [-0.2, 0) is 15.0 Å². The maximum atomic E-state index is 12.5. The Morgan fingerprint density at radius 2 is 1.53 bits per heavy atom. The van der Waals surface area contributed by atoms with Crippen LogP contribution < -0.4 is 0 Å². The zero-order chi connectivity index (χ0) is 13.9. The molecule has 1 N–H and O–H groups in total. The molecule has 0 aromatic carbocycles. The summed E-state index contributed by atoms with van der Waals surface area (Å²) in [7, 11) is -3.47. The summed E-state index contributed by atoms with van der Waals surface area (Å²) < 4.78 is 27.9. The van der Waals surface area contributed by atoms with E-state index in [4.69, 9.17) is 5.11 Å². The number of hydrogen-bond donors (Lipinski definition) is 1. The van der Waals surface area contributed by atoms with Crippen LogP contribution in [0.2, 0.25) is 0 Å². The molecule has 2 saturated heterocycles. The zero-order valence-electron chi connectivity index (χ0n) is 11.1. The van der Waals surface area contributed by atoms with Gasteiger partial charge in [-0.2, -0.15) is 17.0 Å². The van der Waals surface area contributed by atoms with Crippen LogP contribution in [0.4, 0.5) is 0 Å². The molecule has 0 amide bonds. The number of piperidine rings is 1. The number of rotatable bonds is 3. The Hall–Kier alpha value is -0.660. The van der Waals surface area contributed by atoms with E-state index in [1.807, 2.05) is 0 Å². The largest absolute Gasteiger partial charge is 0.481 e. The van der Waals surface area contributed by atoms with Crippen molar-refractivity contribution in [2.45, 2.75) is 38.5 Å². The second-order valence-corrected chi connectivity index (χ2v) is 7.28. The van der Waals surface area contributed by atoms with Crippen molar-refractivity contribution in [2.24, 2.45) is 5.92 Å². The number of carboxylic acid groups (broad SMARTS) is 1. The number of nitrogens with zero attached hydrogens (tertiary/aromatic N) is 2. The molecular formula is C12H22N2O4S. The Balaban J connectivity index is 2.07. The van der Waals surface area contributed by atoms with Crippen molar-refractivity contribution in [3.8, 4) is 0 Å². The van der Waals surface area contributed by atoms with E-state index < -0.39 is 22.1 Å². The molecule has 0 bridgehead atoms. The predicted molar refractivity (Wildman–Crippen MR) is 70.9 cm³/mol. The lowest BCUT2D eigenvalue weighted by Crippen LogP contribution is -2.49. The van der Waals surface area contributed by atoms with Crippen molar-refractivity contribution in [2.75, 3.05) is 26.2 Å². The summed E-state index contributed by atoms with van der Waals surface area (Å²) >= 11 is 0. The molecule has 0 aliphatic carbocycles. The fourth-order valence-electron chi connectivity index (χ4n) is 2.79. The van der Waals surface area contributed by atoms with Gasteiger partial charge < -0.3 is 5.11 Å². The molecule has 2 heterocycles. The molecule has 0 aromatic heterocycles. The lowest BCUT2D eigenvalue weighted by atomic mass is 10.0. The summed E-state index contributed by atoms with van der Waals surface area (Å²) in [5, 5.41) is 9.04. The van der Waals surface area contributed by atoms with E-state index in [-0.39, 0.29) is 6.54 Å². The van der Waals surface area contributed by atoms with Gasteiger partial charge in [0.1, 0.15) is 0 Å². The third-order valence-corrected chi connectivity index (χ3v) is 5.95. The third-order valence-electron chi connectivity index (χ3n) is 3.95. The minimum atomic E-state index is -3.47. The molecule has 2 aliphatic heterocycles. The Morgan fingerprint density at radius 1 is 0.947 bits per heavy atom. The van der Waals surface area contributed by atoms with Crippen LogP contribution in [-0.4, -0.2) is 54.3 Å². The molecule has 2 fully saturated rings. The highest BCUT2D eigenvalue weighted by Gasteiger charge is 2.35. The van der Waals surface area contributed by atoms with Crippen molar-refractivity contribution in [1.29, 1.82) is 0 Å². The Bertz CT molecular complexity index is 415. The lowest BCUT2D eigenvalue weighted by molar-refractivity contribution is -0.142. The summed E-state index contributed by atoms with van der Waals surface area (Å²) in [6.07, 6.45) is 5.14. The van der Waals surface area contributed by atoms with Gasteiger partial charge in [-0.25, -0.2) is 0 Å². The highest BCUT2D eigenvalue weighted by atomic mass is 32.2. The van der Waals surface area contributed by atoms with Gasteiger partial charge in [0, 0.05) is 26.2 Å². The quantitative estimate of drug-likeness (QED) is 0.838. The fraction of sp³-hybridized carbons (Fsp3) is 0.917. The normalized spacial score (nSPS) is 27.9. The Labute approximate surface area is 114 Å². The summed E-state index contributed by atoms with van der Waals surface area (Å²) in [6, 6.07) is 0. The maximum absolute atomic E-state index is 12.5. The van der Waals surface area contributed by atoms with Crippen LogP contribution in [0, 0.1) is 5.92 Å². The molecule has 6 nitrogen and oxygen atoms in total. The van der Waals surface area contributed by atoms with E-state index in [1.54, 1.807) is 0 Å². The third kappa shape index (κ3) is 3.46. The first-order valence-corrected chi connectivity index (χ1v) is 8.39. The van der Waals surface area contributed by atoms with E-state index in [1.165, 1.54) is 8.61 Å². The topological polar surface area (TPSA) is 77.9 Å². The molecule has 2 aliphatic rings. The smallest absolute Gasteiger partial charge is 0.307 e. The standard InChI is InChI=1S/C12H22N2O4S/c15-12(16)11-6-5-9-14(10-11)19(17,18)13-7-3-1-2-4-8-13/h11H,1-10H2,(H,15,16). The average Bonchev–Trinajstić information content (AvgIpc) is 2.68. The minimum Gasteiger partial charge on any atom is -0.481 e.